The number of pyridine rings is 1. The molecule has 2 aromatic rings. The molecule has 0 radical (unpaired) electrons. The van der Waals surface area contributed by atoms with Gasteiger partial charge in [-0.25, -0.2) is 0 Å². The topological polar surface area (TPSA) is 31.2 Å². The summed E-state index contributed by atoms with van der Waals surface area (Å²) in [5.74, 6) is 0.774. The first-order chi connectivity index (χ1) is 8.60. The lowest BCUT2D eigenvalue weighted by molar-refractivity contribution is 0.414. The molecular formula is C13H11Br2NO2. The molecule has 0 aliphatic rings. The van der Waals surface area contributed by atoms with Crippen molar-refractivity contribution < 1.29 is 4.74 Å². The lowest BCUT2D eigenvalue weighted by Gasteiger charge is -2.09. The number of nitrogens with zero attached hydrogens (tertiary/aromatic N) is 1. The molecule has 1 aromatic carbocycles. The lowest BCUT2D eigenvalue weighted by atomic mass is 10.2. The Morgan fingerprint density at radius 1 is 1.22 bits per heavy atom. The zero-order valence-corrected chi connectivity index (χ0v) is 12.9. The van der Waals surface area contributed by atoms with Crippen LogP contribution in [0.2, 0.25) is 0 Å². The van der Waals surface area contributed by atoms with Crippen LogP contribution in [-0.4, -0.2) is 11.7 Å². The fourth-order valence-electron chi connectivity index (χ4n) is 1.61. The average Bonchev–Trinajstić information content (AvgIpc) is 2.36. The van der Waals surface area contributed by atoms with E-state index in [9.17, 15) is 4.79 Å². The zero-order valence-electron chi connectivity index (χ0n) is 9.69. The summed E-state index contributed by atoms with van der Waals surface area (Å²) in [6.07, 6.45) is 1.77. The Labute approximate surface area is 122 Å². The number of benzene rings is 1. The van der Waals surface area contributed by atoms with Gasteiger partial charge in [0.05, 0.1) is 13.7 Å². The Kier molecular flexibility index (Phi) is 4.24. The van der Waals surface area contributed by atoms with Gasteiger partial charge >= 0.3 is 0 Å². The van der Waals surface area contributed by atoms with Crippen LogP contribution in [0.3, 0.4) is 0 Å². The molecule has 0 amide bonds. The Hall–Kier alpha value is -1.07. The summed E-state index contributed by atoms with van der Waals surface area (Å²) in [5.41, 5.74) is 0.961. The van der Waals surface area contributed by atoms with Crippen LogP contribution in [0.1, 0.15) is 5.56 Å². The van der Waals surface area contributed by atoms with Gasteiger partial charge in [0.15, 0.2) is 0 Å². The molecule has 94 valence electrons. The van der Waals surface area contributed by atoms with Gasteiger partial charge in [-0.1, -0.05) is 15.9 Å². The minimum atomic E-state index is -0.0343. The number of rotatable bonds is 3. The van der Waals surface area contributed by atoms with Crippen molar-refractivity contribution in [2.24, 2.45) is 0 Å². The standard InChI is InChI=1S/C13H11Br2NO2/c1-18-11-3-4-12(15)9(6-11)7-16-8-10(14)2-5-13(16)17/h2-6,8H,7H2,1H3. The third kappa shape index (κ3) is 3.03. The highest BCUT2D eigenvalue weighted by molar-refractivity contribution is 9.10. The second-order valence-electron chi connectivity index (χ2n) is 3.77. The molecule has 1 aromatic heterocycles. The first kappa shape index (κ1) is 13.4. The van der Waals surface area contributed by atoms with Crippen LogP contribution >= 0.6 is 31.9 Å². The highest BCUT2D eigenvalue weighted by Gasteiger charge is 2.05. The van der Waals surface area contributed by atoms with E-state index in [1.807, 2.05) is 18.2 Å². The molecule has 0 aliphatic carbocycles. The van der Waals surface area contributed by atoms with E-state index in [0.717, 1.165) is 20.3 Å². The van der Waals surface area contributed by atoms with Crippen molar-refractivity contribution in [3.8, 4) is 5.75 Å². The van der Waals surface area contributed by atoms with E-state index in [1.165, 1.54) is 6.07 Å². The quantitative estimate of drug-likeness (QED) is 0.826. The van der Waals surface area contributed by atoms with E-state index in [2.05, 4.69) is 31.9 Å². The first-order valence-corrected chi connectivity index (χ1v) is 6.87. The number of aromatic nitrogens is 1. The van der Waals surface area contributed by atoms with Crippen molar-refractivity contribution in [1.82, 2.24) is 4.57 Å². The van der Waals surface area contributed by atoms with Gasteiger partial charge in [-0.3, -0.25) is 4.79 Å². The number of hydrogen-bond donors (Lipinski definition) is 0. The van der Waals surface area contributed by atoms with E-state index in [4.69, 9.17) is 4.74 Å². The third-order valence-corrected chi connectivity index (χ3v) is 3.78. The normalized spacial score (nSPS) is 10.4. The van der Waals surface area contributed by atoms with Crippen LogP contribution < -0.4 is 10.3 Å². The minimum absolute atomic E-state index is 0.0343. The van der Waals surface area contributed by atoms with E-state index in [0.29, 0.717) is 6.54 Å². The second kappa shape index (κ2) is 5.71. The summed E-state index contributed by atoms with van der Waals surface area (Å²) in [5, 5.41) is 0. The molecule has 3 nitrogen and oxygen atoms in total. The Morgan fingerprint density at radius 2 is 2.00 bits per heavy atom. The molecule has 1 heterocycles. The van der Waals surface area contributed by atoms with Gasteiger partial charge < -0.3 is 9.30 Å². The molecule has 5 heteroatoms. The van der Waals surface area contributed by atoms with Crippen LogP contribution in [0.15, 0.2) is 50.3 Å². The average molecular weight is 373 g/mol. The number of halogens is 2. The molecule has 0 N–H and O–H groups in total. The Morgan fingerprint density at radius 3 is 2.72 bits per heavy atom. The summed E-state index contributed by atoms with van der Waals surface area (Å²) < 4.78 is 8.66. The smallest absolute Gasteiger partial charge is 0.250 e. The van der Waals surface area contributed by atoms with Gasteiger partial charge in [0.2, 0.25) is 0 Å². The Balaban J connectivity index is 2.39. The number of hydrogen-bond acceptors (Lipinski definition) is 2. The molecule has 0 aliphatic heterocycles. The first-order valence-electron chi connectivity index (χ1n) is 5.28. The van der Waals surface area contributed by atoms with Gasteiger partial charge in [0, 0.05) is 21.2 Å². The Bertz CT molecular complexity index is 623. The van der Waals surface area contributed by atoms with Crippen molar-refractivity contribution >= 4 is 31.9 Å². The summed E-state index contributed by atoms with van der Waals surface area (Å²) in [7, 11) is 1.62. The molecule has 0 unspecified atom stereocenters. The molecule has 18 heavy (non-hydrogen) atoms. The van der Waals surface area contributed by atoms with Crippen LogP contribution in [0.25, 0.3) is 0 Å². The summed E-state index contributed by atoms with van der Waals surface area (Å²) >= 11 is 6.84. The fraction of sp³-hybridized carbons (Fsp3) is 0.154. The summed E-state index contributed by atoms with van der Waals surface area (Å²) in [6.45, 7) is 0.496. The number of methoxy groups -OCH3 is 1. The van der Waals surface area contributed by atoms with Gasteiger partial charge in [-0.2, -0.15) is 0 Å². The maximum absolute atomic E-state index is 11.7. The van der Waals surface area contributed by atoms with Crippen LogP contribution in [0.4, 0.5) is 0 Å². The van der Waals surface area contributed by atoms with E-state index < -0.39 is 0 Å². The molecule has 0 bridgehead atoms. The van der Waals surface area contributed by atoms with Gasteiger partial charge in [0.25, 0.3) is 5.56 Å². The van der Waals surface area contributed by atoms with Crippen LogP contribution in [-0.2, 0) is 6.54 Å². The highest BCUT2D eigenvalue weighted by Crippen LogP contribution is 2.23. The molecule has 0 saturated heterocycles. The monoisotopic (exact) mass is 371 g/mol. The van der Waals surface area contributed by atoms with Crippen molar-refractivity contribution in [1.29, 1.82) is 0 Å². The zero-order chi connectivity index (χ0) is 13.1. The van der Waals surface area contributed by atoms with Gasteiger partial charge in [-0.15, -0.1) is 0 Å². The molecule has 0 spiro atoms. The molecule has 0 fully saturated rings. The maximum Gasteiger partial charge on any atom is 0.250 e. The highest BCUT2D eigenvalue weighted by atomic mass is 79.9. The molecular weight excluding hydrogens is 362 g/mol. The minimum Gasteiger partial charge on any atom is -0.497 e. The third-order valence-electron chi connectivity index (χ3n) is 2.54. The summed E-state index contributed by atoms with van der Waals surface area (Å²) in [6, 6.07) is 8.98. The largest absolute Gasteiger partial charge is 0.497 e. The van der Waals surface area contributed by atoms with Crippen molar-refractivity contribution in [2.45, 2.75) is 6.54 Å². The van der Waals surface area contributed by atoms with E-state index >= 15 is 0 Å². The van der Waals surface area contributed by atoms with Crippen LogP contribution in [0, 0.1) is 0 Å². The summed E-state index contributed by atoms with van der Waals surface area (Å²) in [4.78, 5) is 11.7. The molecule has 0 atom stereocenters. The fourth-order valence-corrected chi connectivity index (χ4v) is 2.36. The van der Waals surface area contributed by atoms with E-state index in [-0.39, 0.29) is 5.56 Å². The van der Waals surface area contributed by atoms with Crippen molar-refractivity contribution in [3.05, 3.63) is 61.4 Å². The maximum atomic E-state index is 11.7. The molecule has 2 rings (SSSR count). The van der Waals surface area contributed by atoms with Crippen molar-refractivity contribution in [2.75, 3.05) is 7.11 Å². The lowest BCUT2D eigenvalue weighted by Crippen LogP contribution is -2.19. The predicted molar refractivity (Wildman–Crippen MR) is 78.2 cm³/mol. The molecule has 0 saturated carbocycles. The van der Waals surface area contributed by atoms with Gasteiger partial charge in [0.1, 0.15) is 5.75 Å². The second-order valence-corrected chi connectivity index (χ2v) is 5.54. The van der Waals surface area contributed by atoms with Crippen molar-refractivity contribution in [3.63, 3.8) is 0 Å². The van der Waals surface area contributed by atoms with E-state index in [1.54, 1.807) is 23.9 Å². The predicted octanol–water partition coefficient (Wildman–Crippen LogP) is 3.43. The SMILES string of the molecule is COc1ccc(Br)c(Cn2cc(Br)ccc2=O)c1. The van der Waals surface area contributed by atoms with Crippen LogP contribution in [0.5, 0.6) is 5.75 Å². The van der Waals surface area contributed by atoms with Gasteiger partial charge in [-0.05, 0) is 45.8 Å². The number of ether oxygens (including phenoxy) is 1.